The maximum absolute atomic E-state index is 5.76. The molecule has 1 aromatic carbocycles. The third kappa shape index (κ3) is 1.70. The lowest BCUT2D eigenvalue weighted by molar-refractivity contribution is 0.243. The number of nitrogens with zero attached hydrogens (tertiary/aromatic N) is 2. The van der Waals surface area contributed by atoms with Gasteiger partial charge in [0.05, 0.1) is 5.84 Å². The lowest BCUT2D eigenvalue weighted by Crippen LogP contribution is -2.41. The van der Waals surface area contributed by atoms with Gasteiger partial charge < -0.3 is 5.73 Å². The van der Waals surface area contributed by atoms with E-state index in [2.05, 4.69) is 39.5 Å². The number of aliphatic imine (C=N–C) groups is 1. The van der Waals surface area contributed by atoms with Gasteiger partial charge in [-0.1, -0.05) is 30.3 Å². The minimum Gasteiger partial charge on any atom is -0.387 e. The average Bonchev–Trinajstić information content (AvgIpc) is 2.73. The molecule has 4 heteroatoms. The highest BCUT2D eigenvalue weighted by Crippen LogP contribution is 2.24. The van der Waals surface area contributed by atoms with Gasteiger partial charge in [-0.05, 0) is 5.56 Å². The Labute approximate surface area is 95.2 Å². The summed E-state index contributed by atoms with van der Waals surface area (Å²) >= 11 is 0. The van der Waals surface area contributed by atoms with Crippen molar-refractivity contribution in [2.45, 2.75) is 18.8 Å². The minimum absolute atomic E-state index is 0.0824. The first-order valence-corrected chi connectivity index (χ1v) is 5.70. The van der Waals surface area contributed by atoms with Gasteiger partial charge in [0.2, 0.25) is 0 Å². The van der Waals surface area contributed by atoms with Crippen LogP contribution in [0.15, 0.2) is 35.3 Å². The number of hydrogen-bond donors (Lipinski definition) is 2. The Bertz CT molecular complexity index is 401. The molecule has 0 aliphatic carbocycles. The van der Waals surface area contributed by atoms with Crippen molar-refractivity contribution >= 4 is 5.84 Å². The van der Waals surface area contributed by atoms with Crippen LogP contribution in [0, 0.1) is 0 Å². The highest BCUT2D eigenvalue weighted by molar-refractivity contribution is 5.81. The Kier molecular flexibility index (Phi) is 2.38. The van der Waals surface area contributed by atoms with Crippen molar-refractivity contribution < 1.29 is 0 Å². The van der Waals surface area contributed by atoms with Crippen LogP contribution in [0.2, 0.25) is 0 Å². The van der Waals surface area contributed by atoms with Crippen molar-refractivity contribution in [2.75, 3.05) is 13.1 Å². The maximum Gasteiger partial charge on any atom is 0.158 e. The molecule has 2 aliphatic rings. The summed E-state index contributed by atoms with van der Waals surface area (Å²) in [5.41, 5.74) is 7.08. The van der Waals surface area contributed by atoms with E-state index in [1.165, 1.54) is 5.56 Å². The van der Waals surface area contributed by atoms with E-state index in [4.69, 9.17) is 5.73 Å². The zero-order chi connectivity index (χ0) is 11.0. The first-order chi connectivity index (χ1) is 7.83. The van der Waals surface area contributed by atoms with Gasteiger partial charge in [-0.15, -0.1) is 0 Å². The summed E-state index contributed by atoms with van der Waals surface area (Å²) in [5, 5.41) is 3.50. The van der Waals surface area contributed by atoms with Crippen LogP contribution in [0.3, 0.4) is 0 Å². The zero-order valence-corrected chi connectivity index (χ0v) is 9.13. The number of nitrogens with one attached hydrogen (secondary N) is 1. The maximum atomic E-state index is 5.76. The smallest absolute Gasteiger partial charge is 0.158 e. The van der Waals surface area contributed by atoms with Crippen molar-refractivity contribution in [3.05, 3.63) is 35.9 Å². The van der Waals surface area contributed by atoms with Gasteiger partial charge in [0.1, 0.15) is 0 Å². The molecule has 4 nitrogen and oxygen atoms in total. The van der Waals surface area contributed by atoms with Crippen LogP contribution < -0.4 is 11.1 Å². The summed E-state index contributed by atoms with van der Waals surface area (Å²) in [4.78, 5) is 6.77. The normalized spacial score (nSPS) is 29.9. The molecule has 3 rings (SSSR count). The van der Waals surface area contributed by atoms with Crippen LogP contribution in [0.25, 0.3) is 0 Å². The summed E-state index contributed by atoms with van der Waals surface area (Å²) in [6, 6.07) is 10.9. The quantitative estimate of drug-likeness (QED) is 0.725. The van der Waals surface area contributed by atoms with Gasteiger partial charge in [0, 0.05) is 25.6 Å². The highest BCUT2D eigenvalue weighted by Gasteiger charge is 2.33. The van der Waals surface area contributed by atoms with E-state index in [1.54, 1.807) is 0 Å². The van der Waals surface area contributed by atoms with Gasteiger partial charge in [-0.25, -0.2) is 4.99 Å². The van der Waals surface area contributed by atoms with Crippen LogP contribution >= 0.6 is 0 Å². The molecule has 0 saturated carbocycles. The third-order valence-electron chi connectivity index (χ3n) is 3.26. The summed E-state index contributed by atoms with van der Waals surface area (Å²) in [6.07, 6.45) is 0.971. The largest absolute Gasteiger partial charge is 0.387 e. The second-order valence-corrected chi connectivity index (χ2v) is 4.37. The number of fused-ring (bicyclic) bond motifs is 1. The van der Waals surface area contributed by atoms with Crippen LogP contribution in [0.5, 0.6) is 0 Å². The first-order valence-electron chi connectivity index (χ1n) is 5.70. The van der Waals surface area contributed by atoms with Gasteiger partial charge in [-0.3, -0.25) is 10.2 Å². The average molecular weight is 216 g/mol. The zero-order valence-electron chi connectivity index (χ0n) is 9.13. The standard InChI is InChI=1S/C12H16N4/c13-11-6-7-16-8-10(14-12(16)15-11)9-4-2-1-3-5-9/h1-5,10,12,14H,6-8H2,(H2,13,15). The van der Waals surface area contributed by atoms with Crippen molar-refractivity contribution in [3.63, 3.8) is 0 Å². The van der Waals surface area contributed by atoms with Crippen molar-refractivity contribution in [2.24, 2.45) is 10.7 Å². The number of hydrogen-bond acceptors (Lipinski definition) is 4. The van der Waals surface area contributed by atoms with E-state index in [1.807, 2.05) is 6.07 Å². The molecule has 0 radical (unpaired) electrons. The second kappa shape index (κ2) is 3.88. The molecule has 0 bridgehead atoms. The Hall–Kier alpha value is -1.39. The number of nitrogens with two attached hydrogens (primary N) is 1. The first kappa shape index (κ1) is 9.81. The number of benzene rings is 1. The Morgan fingerprint density at radius 1 is 1.31 bits per heavy atom. The SMILES string of the molecule is NC1=NC2NC(c3ccccc3)CN2CC1. The molecule has 2 heterocycles. The van der Waals surface area contributed by atoms with Gasteiger partial charge in [-0.2, -0.15) is 0 Å². The van der Waals surface area contributed by atoms with E-state index >= 15 is 0 Å². The van der Waals surface area contributed by atoms with Crippen LogP contribution in [-0.2, 0) is 0 Å². The summed E-state index contributed by atoms with van der Waals surface area (Å²) in [6.45, 7) is 2.03. The van der Waals surface area contributed by atoms with Crippen LogP contribution in [0.1, 0.15) is 18.0 Å². The summed E-state index contributed by atoms with van der Waals surface area (Å²) in [7, 11) is 0. The van der Waals surface area contributed by atoms with Gasteiger partial charge in [0.15, 0.2) is 6.29 Å². The lowest BCUT2D eigenvalue weighted by atomic mass is 10.1. The Morgan fingerprint density at radius 3 is 2.94 bits per heavy atom. The molecule has 1 saturated heterocycles. The minimum atomic E-state index is 0.0824. The van der Waals surface area contributed by atoms with E-state index in [-0.39, 0.29) is 6.29 Å². The molecule has 0 aromatic heterocycles. The molecule has 0 amide bonds. The van der Waals surface area contributed by atoms with Crippen LogP contribution in [0.4, 0.5) is 0 Å². The van der Waals surface area contributed by atoms with Crippen molar-refractivity contribution in [1.29, 1.82) is 0 Å². The van der Waals surface area contributed by atoms with Gasteiger partial charge in [0.25, 0.3) is 0 Å². The number of amidine groups is 1. The van der Waals surface area contributed by atoms with E-state index in [0.29, 0.717) is 6.04 Å². The fourth-order valence-corrected chi connectivity index (χ4v) is 2.37. The van der Waals surface area contributed by atoms with Crippen molar-refractivity contribution in [1.82, 2.24) is 10.2 Å². The Morgan fingerprint density at radius 2 is 2.12 bits per heavy atom. The van der Waals surface area contributed by atoms with E-state index < -0.39 is 0 Å². The van der Waals surface area contributed by atoms with Crippen molar-refractivity contribution in [3.8, 4) is 0 Å². The van der Waals surface area contributed by atoms with E-state index in [9.17, 15) is 0 Å². The summed E-state index contributed by atoms with van der Waals surface area (Å²) in [5.74, 6) is 0.766. The molecular weight excluding hydrogens is 200 g/mol. The molecule has 2 atom stereocenters. The molecule has 3 N–H and O–H groups in total. The molecule has 0 spiro atoms. The van der Waals surface area contributed by atoms with Crippen LogP contribution in [-0.4, -0.2) is 30.1 Å². The highest BCUT2D eigenvalue weighted by atomic mass is 15.4. The lowest BCUT2D eigenvalue weighted by Gasteiger charge is -2.24. The third-order valence-corrected chi connectivity index (χ3v) is 3.26. The molecule has 2 unspecified atom stereocenters. The second-order valence-electron chi connectivity index (χ2n) is 4.37. The molecule has 84 valence electrons. The molecular formula is C12H16N4. The molecule has 1 aromatic rings. The molecule has 16 heavy (non-hydrogen) atoms. The monoisotopic (exact) mass is 216 g/mol. The predicted octanol–water partition coefficient (Wildman–Crippen LogP) is 0.677. The fourth-order valence-electron chi connectivity index (χ4n) is 2.37. The molecule has 1 fully saturated rings. The molecule has 2 aliphatic heterocycles. The topological polar surface area (TPSA) is 53.6 Å². The predicted molar refractivity (Wildman–Crippen MR) is 63.9 cm³/mol. The van der Waals surface area contributed by atoms with Gasteiger partial charge >= 0.3 is 0 Å². The fraction of sp³-hybridized carbons (Fsp3) is 0.417. The van der Waals surface area contributed by atoms with E-state index in [0.717, 1.165) is 25.3 Å². The number of rotatable bonds is 1. The summed E-state index contributed by atoms with van der Waals surface area (Å²) < 4.78 is 0. The Balaban J connectivity index is 1.79.